The lowest BCUT2D eigenvalue weighted by Gasteiger charge is -2.10. The topological polar surface area (TPSA) is 65.5 Å². The number of rotatable bonds is 3. The Morgan fingerprint density at radius 1 is 1.07 bits per heavy atom. The fraction of sp³-hybridized carbons (Fsp3) is 0.0870. The van der Waals surface area contributed by atoms with Gasteiger partial charge in [-0.3, -0.25) is 9.78 Å². The first kappa shape index (κ1) is 17.7. The first-order valence-corrected chi connectivity index (χ1v) is 8.80. The molecule has 4 rings (SSSR count). The molecule has 0 unspecified atom stereocenters. The molecule has 0 aliphatic carbocycles. The summed E-state index contributed by atoms with van der Waals surface area (Å²) in [5.41, 5.74) is 3.36. The average Bonchev–Trinajstić information content (AvgIpc) is 3.03. The molecule has 2 heterocycles. The van der Waals surface area contributed by atoms with Crippen molar-refractivity contribution in [1.82, 2.24) is 4.98 Å². The van der Waals surface area contributed by atoms with Crippen LogP contribution in [0.4, 0.5) is 0 Å². The van der Waals surface area contributed by atoms with Crippen molar-refractivity contribution in [3.8, 4) is 11.5 Å². The fourth-order valence-electron chi connectivity index (χ4n) is 3.01. The monoisotopic (exact) mass is 371 g/mol. The number of esters is 1. The molecule has 138 valence electrons. The second-order valence-corrected chi connectivity index (χ2v) is 6.49. The predicted molar refractivity (Wildman–Crippen MR) is 104 cm³/mol. The average molecular weight is 371 g/mol. The second-order valence-electron chi connectivity index (χ2n) is 6.49. The number of aryl methyl sites for hydroxylation is 1. The number of ketones is 1. The fourth-order valence-corrected chi connectivity index (χ4v) is 3.01. The summed E-state index contributed by atoms with van der Waals surface area (Å²) in [7, 11) is 0. The summed E-state index contributed by atoms with van der Waals surface area (Å²) in [6, 6.07) is 14.3. The van der Waals surface area contributed by atoms with E-state index in [0.717, 1.165) is 11.1 Å². The maximum Gasteiger partial charge on any atom is 0.345 e. The van der Waals surface area contributed by atoms with E-state index in [1.54, 1.807) is 43.5 Å². The zero-order chi connectivity index (χ0) is 19.7. The number of hydrogen-bond donors (Lipinski definition) is 0. The van der Waals surface area contributed by atoms with Crippen LogP contribution >= 0.6 is 0 Å². The van der Waals surface area contributed by atoms with Crippen LogP contribution < -0.4 is 9.47 Å². The standard InChI is InChI=1S/C23H17NO4/c1-14-6-3-4-7-16(14)12-20-21(25)18-9-10-19(15(2)22(18)27-20)28-23(26)17-8-5-11-24-13-17/h3-13H,1-2H3/b20-12-. The quantitative estimate of drug-likeness (QED) is 0.384. The number of aromatic nitrogens is 1. The number of nitrogens with zero attached hydrogens (tertiary/aromatic N) is 1. The normalized spacial score (nSPS) is 13.9. The number of hydrogen-bond acceptors (Lipinski definition) is 5. The number of Topliss-reactive ketones (excluding diaryl/α,β-unsaturated/α-hetero) is 1. The van der Waals surface area contributed by atoms with E-state index < -0.39 is 5.97 Å². The lowest BCUT2D eigenvalue weighted by atomic mass is 10.0. The molecule has 3 aromatic rings. The highest BCUT2D eigenvalue weighted by Crippen LogP contribution is 2.39. The van der Waals surface area contributed by atoms with Gasteiger partial charge >= 0.3 is 5.97 Å². The summed E-state index contributed by atoms with van der Waals surface area (Å²) in [5, 5.41) is 0. The first-order chi connectivity index (χ1) is 13.5. The Balaban J connectivity index is 1.64. The van der Waals surface area contributed by atoms with E-state index in [2.05, 4.69) is 4.98 Å². The molecule has 0 saturated carbocycles. The Labute approximate surface area is 162 Å². The van der Waals surface area contributed by atoms with Gasteiger partial charge in [0.2, 0.25) is 5.78 Å². The molecule has 28 heavy (non-hydrogen) atoms. The molecule has 2 aromatic carbocycles. The van der Waals surface area contributed by atoms with Gasteiger partial charge in [0, 0.05) is 18.0 Å². The number of benzene rings is 2. The van der Waals surface area contributed by atoms with Crippen molar-refractivity contribution in [2.45, 2.75) is 13.8 Å². The third-order valence-corrected chi connectivity index (χ3v) is 4.61. The van der Waals surface area contributed by atoms with Gasteiger partial charge in [0.1, 0.15) is 11.5 Å². The zero-order valence-corrected chi connectivity index (χ0v) is 15.4. The van der Waals surface area contributed by atoms with E-state index in [1.807, 2.05) is 31.2 Å². The zero-order valence-electron chi connectivity index (χ0n) is 15.4. The van der Waals surface area contributed by atoms with Gasteiger partial charge in [-0.05, 0) is 55.3 Å². The largest absolute Gasteiger partial charge is 0.452 e. The van der Waals surface area contributed by atoms with E-state index in [1.165, 1.54) is 6.20 Å². The molecule has 0 atom stereocenters. The molecular weight excluding hydrogens is 354 g/mol. The van der Waals surface area contributed by atoms with Crippen molar-refractivity contribution in [3.63, 3.8) is 0 Å². The Morgan fingerprint density at radius 2 is 1.89 bits per heavy atom. The summed E-state index contributed by atoms with van der Waals surface area (Å²) < 4.78 is 11.3. The van der Waals surface area contributed by atoms with Crippen LogP contribution in [0.3, 0.4) is 0 Å². The van der Waals surface area contributed by atoms with Gasteiger partial charge in [0.05, 0.1) is 11.1 Å². The van der Waals surface area contributed by atoms with Gasteiger partial charge in [0.15, 0.2) is 5.76 Å². The molecule has 0 bridgehead atoms. The van der Waals surface area contributed by atoms with Crippen LogP contribution in [0.25, 0.3) is 6.08 Å². The molecule has 1 aliphatic heterocycles. The van der Waals surface area contributed by atoms with Crippen LogP contribution in [0.2, 0.25) is 0 Å². The summed E-state index contributed by atoms with van der Waals surface area (Å²) in [6.07, 6.45) is 4.76. The molecule has 0 amide bonds. The minimum absolute atomic E-state index is 0.188. The van der Waals surface area contributed by atoms with E-state index in [-0.39, 0.29) is 11.5 Å². The molecular formula is C23H17NO4. The first-order valence-electron chi connectivity index (χ1n) is 8.80. The van der Waals surface area contributed by atoms with Crippen LogP contribution in [0, 0.1) is 13.8 Å². The number of allylic oxidation sites excluding steroid dienone is 1. The third-order valence-electron chi connectivity index (χ3n) is 4.61. The van der Waals surface area contributed by atoms with Gasteiger partial charge in [-0.15, -0.1) is 0 Å². The Bertz CT molecular complexity index is 1120. The molecule has 0 radical (unpaired) electrons. The highest BCUT2D eigenvalue weighted by molar-refractivity contribution is 6.15. The van der Waals surface area contributed by atoms with Gasteiger partial charge in [-0.2, -0.15) is 0 Å². The Kier molecular flexibility index (Phi) is 4.49. The maximum absolute atomic E-state index is 12.7. The van der Waals surface area contributed by atoms with Crippen molar-refractivity contribution in [3.05, 3.63) is 94.5 Å². The summed E-state index contributed by atoms with van der Waals surface area (Å²) in [6.45, 7) is 3.73. The summed E-state index contributed by atoms with van der Waals surface area (Å²) in [4.78, 5) is 28.9. The van der Waals surface area contributed by atoms with Crippen molar-refractivity contribution >= 4 is 17.8 Å². The van der Waals surface area contributed by atoms with Crippen LogP contribution in [0.5, 0.6) is 11.5 Å². The Morgan fingerprint density at radius 3 is 2.64 bits per heavy atom. The maximum atomic E-state index is 12.7. The van der Waals surface area contributed by atoms with Gasteiger partial charge in [-0.1, -0.05) is 24.3 Å². The number of fused-ring (bicyclic) bond motifs is 1. The number of ether oxygens (including phenoxy) is 2. The highest BCUT2D eigenvalue weighted by atomic mass is 16.5. The van der Waals surface area contributed by atoms with Crippen LogP contribution in [-0.4, -0.2) is 16.7 Å². The smallest absolute Gasteiger partial charge is 0.345 e. The molecule has 0 saturated heterocycles. The van der Waals surface area contributed by atoms with E-state index >= 15 is 0 Å². The molecule has 5 nitrogen and oxygen atoms in total. The van der Waals surface area contributed by atoms with Crippen LogP contribution in [0.1, 0.15) is 37.4 Å². The highest BCUT2D eigenvalue weighted by Gasteiger charge is 2.30. The van der Waals surface area contributed by atoms with Crippen molar-refractivity contribution < 1.29 is 19.1 Å². The van der Waals surface area contributed by atoms with Crippen LogP contribution in [0.15, 0.2) is 66.7 Å². The number of pyridine rings is 1. The summed E-state index contributed by atoms with van der Waals surface area (Å²) >= 11 is 0. The number of carbonyl (C=O) groups excluding carboxylic acids is 2. The molecule has 1 aliphatic rings. The minimum Gasteiger partial charge on any atom is -0.452 e. The van der Waals surface area contributed by atoms with Gasteiger partial charge < -0.3 is 9.47 Å². The molecule has 1 aromatic heterocycles. The second kappa shape index (κ2) is 7.12. The molecule has 5 heteroatoms. The van der Waals surface area contributed by atoms with Crippen molar-refractivity contribution in [2.75, 3.05) is 0 Å². The molecule has 0 spiro atoms. The van der Waals surface area contributed by atoms with E-state index in [9.17, 15) is 9.59 Å². The lowest BCUT2D eigenvalue weighted by molar-refractivity contribution is 0.0732. The van der Waals surface area contributed by atoms with Gasteiger partial charge in [0.25, 0.3) is 0 Å². The molecule has 0 fully saturated rings. The third kappa shape index (κ3) is 3.18. The lowest BCUT2D eigenvalue weighted by Crippen LogP contribution is -2.09. The van der Waals surface area contributed by atoms with Crippen LogP contribution in [-0.2, 0) is 0 Å². The SMILES string of the molecule is Cc1ccccc1/C=C1\Oc2c(ccc(OC(=O)c3cccnc3)c2C)C1=O. The summed E-state index contributed by atoms with van der Waals surface area (Å²) in [5.74, 6) is 0.310. The molecule has 0 N–H and O–H groups in total. The number of carbonyl (C=O) groups is 2. The van der Waals surface area contributed by atoms with Crippen molar-refractivity contribution in [2.24, 2.45) is 0 Å². The minimum atomic E-state index is -0.517. The van der Waals surface area contributed by atoms with Gasteiger partial charge in [-0.25, -0.2) is 4.79 Å². The predicted octanol–water partition coefficient (Wildman–Crippen LogP) is 4.53. The van der Waals surface area contributed by atoms with E-state index in [0.29, 0.717) is 28.2 Å². The Hall–Kier alpha value is -3.73. The van der Waals surface area contributed by atoms with Crippen molar-refractivity contribution in [1.29, 1.82) is 0 Å². The van der Waals surface area contributed by atoms with E-state index in [4.69, 9.17) is 9.47 Å².